The van der Waals surface area contributed by atoms with E-state index in [1.807, 2.05) is 10.8 Å². The molecule has 2 N–H and O–H groups in total. The van der Waals surface area contributed by atoms with Crippen LogP contribution in [-0.4, -0.2) is 82.9 Å². The molecule has 24 heteroatoms. The molecular weight excluding hydrogens is 1070 g/mol. The zero-order valence-electron chi connectivity index (χ0n) is 36.2. The van der Waals surface area contributed by atoms with Gasteiger partial charge in [-0.2, -0.15) is 0 Å². The van der Waals surface area contributed by atoms with Gasteiger partial charge >= 0.3 is 48.6 Å². The van der Waals surface area contributed by atoms with Crippen LogP contribution in [0.15, 0.2) is 96.4 Å². The molecule has 4 aromatic rings. The van der Waals surface area contributed by atoms with E-state index in [0.717, 1.165) is 0 Å². The van der Waals surface area contributed by atoms with Crippen LogP contribution in [0.3, 0.4) is 0 Å². The molecule has 2 aromatic heterocycles. The van der Waals surface area contributed by atoms with E-state index >= 15 is 0 Å². The number of ether oxygens (including phenoxy) is 4. The molecule has 0 bridgehead atoms. The number of hydrogen-bond acceptors (Lipinski definition) is 18. The van der Waals surface area contributed by atoms with E-state index in [4.69, 9.17) is 70.3 Å². The Labute approximate surface area is 431 Å². The number of halogens is 5. The summed E-state index contributed by atoms with van der Waals surface area (Å²) in [4.78, 5) is 68.6. The van der Waals surface area contributed by atoms with Crippen LogP contribution < -0.4 is 10.6 Å². The second-order valence-corrected chi connectivity index (χ2v) is 18.5. The third-order valence-corrected chi connectivity index (χ3v) is 11.9. The quantitative estimate of drug-likeness (QED) is 0.0378. The van der Waals surface area contributed by atoms with Crippen LogP contribution in [0.25, 0.3) is 0 Å². The van der Waals surface area contributed by atoms with Gasteiger partial charge < -0.3 is 29.6 Å². The number of esters is 4. The molecule has 0 saturated heterocycles. The van der Waals surface area contributed by atoms with Crippen molar-refractivity contribution in [3.8, 4) is 0 Å². The minimum atomic E-state index is -1.10. The van der Waals surface area contributed by atoms with Gasteiger partial charge in [0, 0.05) is 71.1 Å². The number of amidine groups is 2. The number of nitrogens with zero attached hydrogens (tertiary/aromatic N) is 5. The zero-order chi connectivity index (χ0) is 48.8. The summed E-state index contributed by atoms with van der Waals surface area (Å²) in [6.45, 7) is 11.5. The van der Waals surface area contributed by atoms with Gasteiger partial charge in [-0.25, -0.2) is 29.1 Å². The third kappa shape index (κ3) is 16.0. The van der Waals surface area contributed by atoms with Crippen molar-refractivity contribution < 1.29 is 38.1 Å². The topological polar surface area (TPSA) is 192 Å². The Hall–Kier alpha value is -4.15. The van der Waals surface area contributed by atoms with Crippen LogP contribution in [0.4, 0.5) is 0 Å². The molecule has 2 aliphatic rings. The summed E-state index contributed by atoms with van der Waals surface area (Å²) in [5.74, 6) is -1.67. The summed E-state index contributed by atoms with van der Waals surface area (Å²) in [7, 11) is 4.34. The summed E-state index contributed by atoms with van der Waals surface area (Å²) in [6.07, 6.45) is 0.498. The zero-order valence-corrected chi connectivity index (χ0v) is 43.3. The molecule has 0 amide bonds. The van der Waals surface area contributed by atoms with Gasteiger partial charge in [-0.05, 0) is 72.7 Å². The van der Waals surface area contributed by atoms with Crippen LogP contribution in [0.5, 0.6) is 0 Å². The first-order chi connectivity index (χ1) is 31.3. The van der Waals surface area contributed by atoms with Crippen molar-refractivity contribution in [1.82, 2.24) is 20.6 Å². The first-order valence-electron chi connectivity index (χ1n) is 19.6. The molecule has 0 fully saturated rings. The number of thiazole rings is 2. The summed E-state index contributed by atoms with van der Waals surface area (Å²) in [5, 5.41) is 13.1. The number of hydrogen-bond donors (Lipinski definition) is 3. The Morgan fingerprint density at radius 2 is 1.13 bits per heavy atom. The van der Waals surface area contributed by atoms with Crippen molar-refractivity contribution >= 4 is 141 Å². The molecule has 0 aliphatic carbocycles. The second kappa shape index (κ2) is 27.1. The first kappa shape index (κ1) is 57.2. The fourth-order valence-electron chi connectivity index (χ4n) is 5.88. The van der Waals surface area contributed by atoms with Crippen LogP contribution >= 0.6 is 97.8 Å². The molecular formula is C43H46BBrCl4N7O8S3. The number of nitrogens with one attached hydrogen (secondary N) is 2. The Bertz CT molecular complexity index is 2530. The molecule has 2 aromatic carbocycles. The predicted molar refractivity (Wildman–Crippen MR) is 273 cm³/mol. The SMILES string of the molecule is C.CC(C)OC(=O)[C@@H](C)OC(=O)C1=C(CBr)NC(c2nccs2)=N[C@H]1c1ccc(Cl)cc1Cl.CC1=C(C(=O)O[C@H](C)C(=O)OC(C)C)[C@H](c2ccc(Cl)cc2Cl)N=C(c2nccs2)N1.[B]=NS. The number of allylic oxidation sites excluding steroid dienone is 2. The molecule has 0 unspecified atom stereocenters. The number of alkyl halides is 1. The Kier molecular flexibility index (Phi) is 23.2. The van der Waals surface area contributed by atoms with Gasteiger partial charge in [0.2, 0.25) is 0 Å². The third-order valence-electron chi connectivity index (χ3n) is 8.66. The van der Waals surface area contributed by atoms with Crippen molar-refractivity contribution in [1.29, 1.82) is 0 Å². The van der Waals surface area contributed by atoms with Crippen molar-refractivity contribution in [2.45, 2.75) is 92.4 Å². The molecule has 2 aliphatic heterocycles. The van der Waals surface area contributed by atoms with E-state index in [9.17, 15) is 19.2 Å². The number of carbonyl (C=O) groups is 4. The standard InChI is InChI=1S/C21H20BrCl2N3O4S.C21H21Cl2N3O4S.CH4.BHNS/c1-10(2)30-20(28)11(3)31-21(29)16-15(9-22)26-18(19-25-6-7-32-19)27-17(16)13-5-4-12(23)8-14(13)24;1-10(2)29-20(27)12(4)30-21(28)16-11(3)25-18(19-24-7-8-31-19)26-17(16)14-6-5-13(22)9-15(14)23;;1-2-3/h4-8,10-11,17H,9H2,1-3H3,(H,26,27);5-10,12,17H,1-4H3,(H,25,26);1H4;3H/t11-,17+;12-,17+;;/m11../s1. The number of rotatable bonds is 13. The van der Waals surface area contributed by atoms with Gasteiger partial charge in [0.05, 0.1) is 23.4 Å². The van der Waals surface area contributed by atoms with Gasteiger partial charge in [-0.1, -0.05) is 81.9 Å². The van der Waals surface area contributed by atoms with E-state index in [0.29, 0.717) is 69.6 Å². The van der Waals surface area contributed by atoms with E-state index in [1.54, 1.807) is 83.4 Å². The van der Waals surface area contributed by atoms with Gasteiger partial charge in [-0.3, -0.25) is 9.98 Å². The van der Waals surface area contributed by atoms with Crippen molar-refractivity contribution in [3.63, 3.8) is 0 Å². The van der Waals surface area contributed by atoms with Crippen molar-refractivity contribution in [2.24, 2.45) is 14.3 Å². The summed E-state index contributed by atoms with van der Waals surface area (Å²) in [5.41, 5.74) is 2.63. The number of thiol groups is 1. The molecule has 1 radical (unpaired) electrons. The van der Waals surface area contributed by atoms with Crippen LogP contribution in [-0.2, 0) is 38.1 Å². The molecule has 4 heterocycles. The molecule has 6 rings (SSSR count). The Morgan fingerprint density at radius 3 is 1.51 bits per heavy atom. The van der Waals surface area contributed by atoms with E-state index in [1.165, 1.54) is 36.5 Å². The summed E-state index contributed by atoms with van der Waals surface area (Å²) >= 11 is 34.4. The first-order valence-corrected chi connectivity index (χ1v) is 24.3. The van der Waals surface area contributed by atoms with Crippen LogP contribution in [0, 0.1) is 0 Å². The normalized spacial score (nSPS) is 16.2. The monoisotopic (exact) mass is 1110 g/mol. The fraction of sp³-hybridized carbons (Fsp3) is 0.349. The average molecular weight is 1120 g/mol. The maximum atomic E-state index is 13.2. The van der Waals surface area contributed by atoms with Crippen molar-refractivity contribution in [2.75, 3.05) is 5.33 Å². The van der Waals surface area contributed by atoms with E-state index in [-0.39, 0.29) is 30.8 Å². The molecule has 357 valence electrons. The number of benzene rings is 2. The number of aromatic nitrogens is 2. The average Bonchev–Trinajstić information content (AvgIpc) is 3.99. The molecule has 15 nitrogen and oxygen atoms in total. The van der Waals surface area contributed by atoms with Gasteiger partial charge in [0.15, 0.2) is 33.9 Å². The van der Waals surface area contributed by atoms with E-state index < -0.39 is 48.2 Å². The van der Waals surface area contributed by atoms with Gasteiger partial charge in [-0.15, -0.1) is 22.7 Å². The molecule has 0 spiro atoms. The summed E-state index contributed by atoms with van der Waals surface area (Å²) in [6, 6.07) is 8.35. The van der Waals surface area contributed by atoms with Crippen LogP contribution in [0.1, 0.15) is 89.1 Å². The van der Waals surface area contributed by atoms with E-state index in [2.05, 4.69) is 66.3 Å². The molecule has 4 atom stereocenters. The number of aliphatic imine (C=N–C) groups is 2. The van der Waals surface area contributed by atoms with Crippen LogP contribution in [0.2, 0.25) is 20.1 Å². The molecule has 67 heavy (non-hydrogen) atoms. The predicted octanol–water partition coefficient (Wildman–Crippen LogP) is 10.6. The Morgan fingerprint density at radius 1 is 0.731 bits per heavy atom. The second-order valence-electron chi connectivity index (χ2n) is 14.3. The van der Waals surface area contributed by atoms with Gasteiger partial charge in [0.1, 0.15) is 12.1 Å². The Balaban J connectivity index is 0.000000331. The fourth-order valence-corrected chi connectivity index (χ4v) is 8.52. The summed E-state index contributed by atoms with van der Waals surface area (Å²) < 4.78 is 23.8. The minimum absolute atomic E-state index is 0. The number of carbonyl (C=O) groups excluding carboxylic acids is 4. The molecule has 0 saturated carbocycles. The van der Waals surface area contributed by atoms with Crippen molar-refractivity contribution in [3.05, 3.63) is 123 Å². The van der Waals surface area contributed by atoms with Gasteiger partial charge in [0.25, 0.3) is 0 Å². The maximum absolute atomic E-state index is 13.2.